The average Bonchev–Trinajstić information content (AvgIpc) is 3.08. The van der Waals surface area contributed by atoms with Gasteiger partial charge in [0.05, 0.1) is 0 Å². The van der Waals surface area contributed by atoms with Crippen LogP contribution in [0.5, 0.6) is 0 Å². The van der Waals surface area contributed by atoms with E-state index in [2.05, 4.69) is 44.5 Å². The van der Waals surface area contributed by atoms with Gasteiger partial charge in [0.2, 0.25) is 0 Å². The molecule has 1 N–H and O–H groups in total. The summed E-state index contributed by atoms with van der Waals surface area (Å²) in [5.74, 6) is 0. The molecule has 2 aromatic heterocycles. The minimum absolute atomic E-state index is 0.0104. The van der Waals surface area contributed by atoms with Crippen molar-refractivity contribution in [3.05, 3.63) is 36.2 Å². The van der Waals surface area contributed by atoms with Crippen molar-refractivity contribution in [1.82, 2.24) is 17.7 Å². The minimum atomic E-state index is 0.0104. The summed E-state index contributed by atoms with van der Waals surface area (Å²) in [6.07, 6.45) is 3.99. The number of hydrogen-bond donors (Lipinski definition) is 1. The topological polar surface area (TPSA) is 55.6 Å². The fourth-order valence-electron chi connectivity index (χ4n) is 2.02. The summed E-state index contributed by atoms with van der Waals surface area (Å²) in [6, 6.07) is 6.29. The third-order valence-corrected chi connectivity index (χ3v) is 4.27. The van der Waals surface area contributed by atoms with Crippen LogP contribution in [0.4, 0.5) is 5.69 Å². The Labute approximate surface area is 117 Å². The summed E-state index contributed by atoms with van der Waals surface area (Å²) in [4.78, 5) is 0. The van der Waals surface area contributed by atoms with Gasteiger partial charge in [0.25, 0.3) is 0 Å². The number of nitrogens with one attached hydrogen (secondary N) is 1. The van der Waals surface area contributed by atoms with Gasteiger partial charge in [-0.05, 0) is 0 Å². The van der Waals surface area contributed by atoms with Gasteiger partial charge in [-0.15, -0.1) is 0 Å². The Morgan fingerprint density at radius 3 is 3.05 bits per heavy atom. The molecule has 0 fully saturated rings. The van der Waals surface area contributed by atoms with Crippen LogP contribution in [0.3, 0.4) is 0 Å². The molecule has 3 aromatic rings. The van der Waals surface area contributed by atoms with Crippen LogP contribution in [0.25, 0.3) is 11.0 Å². The first kappa shape index (κ1) is 12.4. The van der Waals surface area contributed by atoms with E-state index >= 15 is 0 Å². The Morgan fingerprint density at radius 1 is 1.37 bits per heavy atom. The van der Waals surface area contributed by atoms with Crippen LogP contribution in [0, 0.1) is 0 Å². The Balaban J connectivity index is 1.86. The van der Waals surface area contributed by atoms with Crippen LogP contribution in [-0.4, -0.2) is 32.7 Å². The molecule has 6 heteroatoms. The molecule has 0 saturated heterocycles. The van der Waals surface area contributed by atoms with E-state index in [1.54, 1.807) is 0 Å². The van der Waals surface area contributed by atoms with Gasteiger partial charge >= 0.3 is 117 Å². The second kappa shape index (κ2) is 5.15. The van der Waals surface area contributed by atoms with Crippen molar-refractivity contribution in [2.75, 3.05) is 5.32 Å². The first-order valence-corrected chi connectivity index (χ1v) is 7.81. The van der Waals surface area contributed by atoms with Crippen molar-refractivity contribution in [3.63, 3.8) is 0 Å². The van der Waals surface area contributed by atoms with Crippen molar-refractivity contribution in [3.8, 4) is 0 Å². The molecule has 0 radical (unpaired) electrons. The predicted molar refractivity (Wildman–Crippen MR) is 76.4 cm³/mol. The average molecular weight is 320 g/mol. The monoisotopic (exact) mass is 321 g/mol. The molecule has 5 nitrogen and oxygen atoms in total. The Morgan fingerprint density at radius 2 is 2.26 bits per heavy atom. The zero-order valence-corrected chi connectivity index (χ0v) is 12.6. The second-order valence-electron chi connectivity index (χ2n) is 4.43. The maximum absolute atomic E-state index is 4.48. The molecule has 0 bridgehead atoms. The molecule has 2 heterocycles. The summed E-state index contributed by atoms with van der Waals surface area (Å²) in [5.41, 5.74) is 4.23. The van der Waals surface area contributed by atoms with E-state index in [0.29, 0.717) is 0 Å². The molecule has 1 atom stereocenters. The van der Waals surface area contributed by atoms with Gasteiger partial charge in [-0.2, -0.15) is 0 Å². The summed E-state index contributed by atoms with van der Waals surface area (Å²) in [7, 11) is 0. The van der Waals surface area contributed by atoms with Crippen LogP contribution in [0.1, 0.15) is 25.5 Å². The van der Waals surface area contributed by atoms with Gasteiger partial charge in [0.1, 0.15) is 0 Å². The summed E-state index contributed by atoms with van der Waals surface area (Å²) < 4.78 is 10.8. The van der Waals surface area contributed by atoms with E-state index < -0.39 is 0 Å². The zero-order valence-electron chi connectivity index (χ0n) is 10.9. The Kier molecular flexibility index (Phi) is 3.36. The fraction of sp³-hybridized carbons (Fsp3) is 0.308. The molecule has 0 aliphatic rings. The van der Waals surface area contributed by atoms with E-state index in [1.165, 1.54) is 5.56 Å². The molecular formula is C13H15N5Se. The molecule has 1 unspecified atom stereocenters. The van der Waals surface area contributed by atoms with Gasteiger partial charge in [-0.1, -0.05) is 0 Å². The summed E-state index contributed by atoms with van der Waals surface area (Å²) in [5, 5.41) is 7.81. The molecular weight excluding hydrogens is 305 g/mol. The van der Waals surface area contributed by atoms with E-state index in [4.69, 9.17) is 0 Å². The number of aryl methyl sites for hydroxylation is 1. The summed E-state index contributed by atoms with van der Waals surface area (Å²) >= 11 is 0.0104. The number of hydrogen-bond acceptors (Lipinski definition) is 4. The third-order valence-electron chi connectivity index (χ3n) is 3.14. The first-order valence-electron chi connectivity index (χ1n) is 6.28. The van der Waals surface area contributed by atoms with Crippen molar-refractivity contribution >= 4 is 31.7 Å². The molecule has 19 heavy (non-hydrogen) atoms. The molecule has 0 aliphatic heterocycles. The van der Waals surface area contributed by atoms with Gasteiger partial charge in [0, 0.05) is 0 Å². The van der Waals surface area contributed by atoms with Crippen LogP contribution in [-0.2, 0) is 6.54 Å². The first-order chi connectivity index (χ1) is 9.28. The van der Waals surface area contributed by atoms with Gasteiger partial charge in [-0.3, -0.25) is 0 Å². The predicted octanol–water partition coefficient (Wildman–Crippen LogP) is 2.08. The van der Waals surface area contributed by atoms with Crippen molar-refractivity contribution in [1.29, 1.82) is 0 Å². The van der Waals surface area contributed by atoms with Crippen LogP contribution in [0.15, 0.2) is 30.6 Å². The summed E-state index contributed by atoms with van der Waals surface area (Å²) in [6.45, 7) is 5.11. The van der Waals surface area contributed by atoms with Crippen molar-refractivity contribution in [2.24, 2.45) is 0 Å². The molecule has 0 aliphatic carbocycles. The quantitative estimate of drug-likeness (QED) is 0.748. The number of anilines is 1. The van der Waals surface area contributed by atoms with Crippen LogP contribution in [0.2, 0.25) is 0 Å². The molecule has 1 aromatic carbocycles. The number of fused-ring (bicyclic) bond motifs is 1. The fourth-order valence-corrected chi connectivity index (χ4v) is 3.17. The standard InChI is InChI=1S/C13H15N5Se/c1-3-18-8-10(7-14-18)9(2)15-11-5-4-6-12-13(11)17-19-16-12/h4-9,15H,3H2,1-2H3. The molecule has 3 rings (SSSR count). The van der Waals surface area contributed by atoms with Crippen LogP contribution < -0.4 is 5.32 Å². The van der Waals surface area contributed by atoms with E-state index in [9.17, 15) is 0 Å². The zero-order chi connectivity index (χ0) is 13.2. The van der Waals surface area contributed by atoms with E-state index in [1.807, 2.05) is 23.0 Å². The van der Waals surface area contributed by atoms with E-state index in [-0.39, 0.29) is 21.0 Å². The molecule has 0 amide bonds. The number of aromatic nitrogens is 4. The molecule has 0 saturated carbocycles. The molecule has 98 valence electrons. The third kappa shape index (κ3) is 2.41. The van der Waals surface area contributed by atoms with Gasteiger partial charge < -0.3 is 0 Å². The van der Waals surface area contributed by atoms with Crippen molar-refractivity contribution < 1.29 is 0 Å². The van der Waals surface area contributed by atoms with Gasteiger partial charge in [0.15, 0.2) is 0 Å². The van der Waals surface area contributed by atoms with Crippen molar-refractivity contribution in [2.45, 2.75) is 26.4 Å². The molecule has 0 spiro atoms. The number of rotatable bonds is 4. The number of nitrogens with zero attached hydrogens (tertiary/aromatic N) is 4. The van der Waals surface area contributed by atoms with E-state index in [0.717, 1.165) is 23.3 Å². The maximum atomic E-state index is 4.48. The Hall–Kier alpha value is -1.65. The second-order valence-corrected chi connectivity index (χ2v) is 5.54. The Bertz CT molecular complexity index is 687. The normalized spacial score (nSPS) is 12.7. The van der Waals surface area contributed by atoms with Crippen LogP contribution >= 0.6 is 0 Å². The SMILES string of the molecule is CCn1cc(C(C)Nc2cccc3n[se]nc23)cn1. The van der Waals surface area contributed by atoms with Gasteiger partial charge in [-0.25, -0.2) is 0 Å². The number of benzene rings is 1.